The van der Waals surface area contributed by atoms with E-state index >= 15 is 0 Å². The first-order valence-corrected chi connectivity index (χ1v) is 10.5. The Bertz CT molecular complexity index is 936. The van der Waals surface area contributed by atoms with Crippen molar-refractivity contribution in [2.24, 2.45) is 0 Å². The average molecular weight is 436 g/mol. The number of nitrogens with one attached hydrogen (secondary N) is 3. The first-order valence-electron chi connectivity index (χ1n) is 10.5. The third-order valence-electron chi connectivity index (χ3n) is 4.77. The predicted molar refractivity (Wildman–Crippen MR) is 126 cm³/mol. The van der Waals surface area contributed by atoms with Crippen LogP contribution in [0.25, 0.3) is 0 Å². The molecule has 0 aliphatic heterocycles. The molecule has 0 heterocycles. The molecule has 0 fully saturated rings. The van der Waals surface area contributed by atoms with Crippen LogP contribution in [-0.2, 0) is 6.42 Å². The highest BCUT2D eigenvalue weighted by atomic mass is 16.5. The summed E-state index contributed by atoms with van der Waals surface area (Å²) >= 11 is 0. The van der Waals surface area contributed by atoms with Gasteiger partial charge in [-0.15, -0.1) is 0 Å². The molecule has 0 bridgehead atoms. The monoisotopic (exact) mass is 435 g/mol. The Morgan fingerprint density at radius 2 is 1.44 bits per heavy atom. The number of carbonyl (C=O) groups is 1. The van der Waals surface area contributed by atoms with Crippen molar-refractivity contribution in [1.82, 2.24) is 5.32 Å². The lowest BCUT2D eigenvalue weighted by atomic mass is 10.1. The lowest BCUT2D eigenvalue weighted by Gasteiger charge is -2.19. The van der Waals surface area contributed by atoms with Gasteiger partial charge in [-0.1, -0.05) is 48.5 Å². The van der Waals surface area contributed by atoms with Gasteiger partial charge in [-0.3, -0.25) is 0 Å². The van der Waals surface area contributed by atoms with Crippen molar-refractivity contribution in [3.05, 3.63) is 90.5 Å². The van der Waals surface area contributed by atoms with Gasteiger partial charge >= 0.3 is 6.03 Å². The molecule has 0 saturated carbocycles. The molecular formula is C25H29N3O4. The normalized spacial score (nSPS) is 12.6. The molecule has 0 aliphatic carbocycles. The van der Waals surface area contributed by atoms with Gasteiger partial charge in [0.2, 0.25) is 0 Å². The standard InChI is InChI=1S/C25H29N3O4/c29-17-22(26-16-23(30)18-32-24-9-5-2-6-10-24)15-19-11-13-21(14-12-19)28-25(31)27-20-7-3-1-4-8-20/h1-14,22-23,26,29-30H,15-18H2,(H2,27,28,31)/t22-,23-/m0/s1. The van der Waals surface area contributed by atoms with Crippen molar-refractivity contribution in [2.45, 2.75) is 18.6 Å². The van der Waals surface area contributed by atoms with Gasteiger partial charge in [0.05, 0.1) is 6.61 Å². The number of carbonyl (C=O) groups excluding carboxylic acids is 1. The van der Waals surface area contributed by atoms with Crippen LogP contribution in [0, 0.1) is 0 Å². The van der Waals surface area contributed by atoms with E-state index in [0.29, 0.717) is 24.4 Å². The summed E-state index contributed by atoms with van der Waals surface area (Å²) in [4.78, 5) is 12.1. The number of rotatable bonds is 11. The summed E-state index contributed by atoms with van der Waals surface area (Å²) in [5.41, 5.74) is 2.39. The van der Waals surface area contributed by atoms with E-state index in [-0.39, 0.29) is 25.3 Å². The van der Waals surface area contributed by atoms with Crippen LogP contribution in [0.15, 0.2) is 84.9 Å². The lowest BCUT2D eigenvalue weighted by Crippen LogP contribution is -2.41. The Hall–Kier alpha value is -3.39. The topological polar surface area (TPSA) is 103 Å². The zero-order valence-corrected chi connectivity index (χ0v) is 17.8. The van der Waals surface area contributed by atoms with Crippen LogP contribution in [0.5, 0.6) is 5.75 Å². The maximum absolute atomic E-state index is 12.1. The molecule has 0 aliphatic rings. The third-order valence-corrected chi connectivity index (χ3v) is 4.77. The van der Waals surface area contributed by atoms with Crippen LogP contribution in [0.4, 0.5) is 16.2 Å². The van der Waals surface area contributed by atoms with Crippen molar-refractivity contribution in [2.75, 3.05) is 30.4 Å². The molecule has 3 aromatic carbocycles. The van der Waals surface area contributed by atoms with Crippen LogP contribution in [0.3, 0.4) is 0 Å². The fraction of sp³-hybridized carbons (Fsp3) is 0.240. The van der Waals surface area contributed by atoms with Crippen molar-refractivity contribution in [1.29, 1.82) is 0 Å². The minimum atomic E-state index is -0.695. The molecular weight excluding hydrogens is 406 g/mol. The van der Waals surface area contributed by atoms with Gasteiger partial charge in [-0.05, 0) is 48.4 Å². The molecule has 5 N–H and O–H groups in total. The van der Waals surface area contributed by atoms with Crippen molar-refractivity contribution in [3.8, 4) is 5.75 Å². The van der Waals surface area contributed by atoms with E-state index in [1.54, 1.807) is 0 Å². The molecule has 32 heavy (non-hydrogen) atoms. The molecule has 168 valence electrons. The Labute approximate surface area is 188 Å². The van der Waals surface area contributed by atoms with E-state index in [9.17, 15) is 15.0 Å². The van der Waals surface area contributed by atoms with Gasteiger partial charge in [0, 0.05) is 24.0 Å². The Kier molecular flexibility index (Phi) is 9.06. The third kappa shape index (κ3) is 8.03. The maximum atomic E-state index is 12.1. The van der Waals surface area contributed by atoms with Gasteiger partial charge in [-0.2, -0.15) is 0 Å². The fourth-order valence-electron chi connectivity index (χ4n) is 3.10. The second kappa shape index (κ2) is 12.5. The van der Waals surface area contributed by atoms with Crippen LogP contribution in [0.1, 0.15) is 5.56 Å². The molecule has 0 spiro atoms. The minimum absolute atomic E-state index is 0.0637. The first kappa shape index (κ1) is 23.3. The van der Waals surface area contributed by atoms with E-state index in [0.717, 1.165) is 11.3 Å². The number of hydrogen-bond donors (Lipinski definition) is 5. The largest absolute Gasteiger partial charge is 0.491 e. The number of hydrogen-bond acceptors (Lipinski definition) is 5. The molecule has 3 aromatic rings. The summed E-state index contributed by atoms with van der Waals surface area (Å²) in [7, 11) is 0. The van der Waals surface area contributed by atoms with E-state index in [2.05, 4.69) is 16.0 Å². The second-order valence-electron chi connectivity index (χ2n) is 7.41. The molecule has 0 aromatic heterocycles. The molecule has 7 nitrogen and oxygen atoms in total. The summed E-state index contributed by atoms with van der Waals surface area (Å²) in [5, 5.41) is 28.5. The van der Waals surface area contributed by atoms with E-state index in [1.807, 2.05) is 84.9 Å². The SMILES string of the molecule is O=C(Nc1ccccc1)Nc1ccc(C[C@@H](CO)NC[C@H](O)COc2ccccc2)cc1. The summed E-state index contributed by atoms with van der Waals surface area (Å²) in [5.74, 6) is 0.705. The Balaban J connectivity index is 1.41. The first-order chi connectivity index (χ1) is 15.6. The number of ether oxygens (including phenoxy) is 1. The molecule has 0 radical (unpaired) electrons. The van der Waals surface area contributed by atoms with Crippen molar-refractivity contribution < 1.29 is 19.7 Å². The summed E-state index contributed by atoms with van der Waals surface area (Å²) in [6, 6.07) is 25.4. The predicted octanol–water partition coefficient (Wildman–Crippen LogP) is 3.26. The lowest BCUT2D eigenvalue weighted by molar-refractivity contribution is 0.0997. The molecule has 7 heteroatoms. The van der Waals surface area contributed by atoms with Crippen LogP contribution in [0.2, 0.25) is 0 Å². The van der Waals surface area contributed by atoms with Gasteiger partial charge in [-0.25, -0.2) is 4.79 Å². The van der Waals surface area contributed by atoms with Crippen LogP contribution in [-0.4, -0.2) is 48.1 Å². The number of aliphatic hydroxyl groups excluding tert-OH is 2. The minimum Gasteiger partial charge on any atom is -0.491 e. The molecule has 0 saturated heterocycles. The van der Waals surface area contributed by atoms with Crippen molar-refractivity contribution >= 4 is 17.4 Å². The Morgan fingerprint density at radius 3 is 2.06 bits per heavy atom. The number of para-hydroxylation sites is 2. The zero-order valence-electron chi connectivity index (χ0n) is 17.8. The highest BCUT2D eigenvalue weighted by Crippen LogP contribution is 2.13. The molecule has 2 amide bonds. The van der Waals surface area contributed by atoms with Crippen molar-refractivity contribution in [3.63, 3.8) is 0 Å². The number of amides is 2. The quantitative estimate of drug-likeness (QED) is 0.318. The van der Waals surface area contributed by atoms with Gasteiger partial charge < -0.3 is 30.9 Å². The molecule has 3 rings (SSSR count). The van der Waals surface area contributed by atoms with E-state index < -0.39 is 6.10 Å². The average Bonchev–Trinajstić information content (AvgIpc) is 2.82. The summed E-state index contributed by atoms with van der Waals surface area (Å²) in [6.07, 6.45) is -0.113. The van der Waals surface area contributed by atoms with E-state index in [4.69, 9.17) is 4.74 Å². The highest BCUT2D eigenvalue weighted by Gasteiger charge is 2.12. The molecule has 0 unspecified atom stereocenters. The van der Waals surface area contributed by atoms with Gasteiger partial charge in [0.25, 0.3) is 0 Å². The maximum Gasteiger partial charge on any atom is 0.323 e. The summed E-state index contributed by atoms with van der Waals surface area (Å²) in [6.45, 7) is 0.406. The number of benzene rings is 3. The Morgan fingerprint density at radius 1 is 0.844 bits per heavy atom. The molecule has 2 atom stereocenters. The zero-order chi connectivity index (χ0) is 22.6. The highest BCUT2D eigenvalue weighted by molar-refractivity contribution is 5.99. The number of anilines is 2. The van der Waals surface area contributed by atoms with Gasteiger partial charge in [0.15, 0.2) is 0 Å². The second-order valence-corrected chi connectivity index (χ2v) is 7.41. The fourth-order valence-corrected chi connectivity index (χ4v) is 3.10. The van der Waals surface area contributed by atoms with Crippen LogP contribution >= 0.6 is 0 Å². The number of aliphatic hydroxyl groups is 2. The number of urea groups is 1. The van der Waals surface area contributed by atoms with Gasteiger partial charge in [0.1, 0.15) is 18.5 Å². The van der Waals surface area contributed by atoms with E-state index in [1.165, 1.54) is 0 Å². The summed E-state index contributed by atoms with van der Waals surface area (Å²) < 4.78 is 5.54. The van der Waals surface area contributed by atoms with Crippen LogP contribution < -0.4 is 20.7 Å². The smallest absolute Gasteiger partial charge is 0.323 e.